The number of nitrogens with zero attached hydrogens (tertiary/aromatic N) is 3. The third-order valence-electron chi connectivity index (χ3n) is 4.57. The Balaban J connectivity index is 1.45. The minimum Gasteiger partial charge on any atom is -0.495 e. The van der Waals surface area contributed by atoms with Crippen LogP contribution >= 0.6 is 0 Å². The zero-order chi connectivity index (χ0) is 21.8. The van der Waals surface area contributed by atoms with E-state index in [0.717, 1.165) is 0 Å². The van der Waals surface area contributed by atoms with Gasteiger partial charge in [-0.05, 0) is 48.5 Å². The van der Waals surface area contributed by atoms with Crippen molar-refractivity contribution >= 4 is 27.3 Å². The highest BCUT2D eigenvalue weighted by atomic mass is 32.2. The maximum absolute atomic E-state index is 12.7. The lowest BCUT2D eigenvalue weighted by atomic mass is 10.2. The normalized spacial score (nSPS) is 11.3. The molecule has 4 aromatic rings. The van der Waals surface area contributed by atoms with Crippen LogP contribution in [0.4, 0.5) is 5.69 Å². The number of rotatable bonds is 7. The quantitative estimate of drug-likeness (QED) is 0.459. The maximum Gasteiger partial charge on any atom is 0.262 e. The van der Waals surface area contributed by atoms with Gasteiger partial charge in [0.1, 0.15) is 5.75 Å². The smallest absolute Gasteiger partial charge is 0.262 e. The van der Waals surface area contributed by atoms with Gasteiger partial charge in [-0.1, -0.05) is 18.2 Å². The number of aromatic nitrogens is 3. The Kier molecular flexibility index (Phi) is 5.54. The van der Waals surface area contributed by atoms with Crippen molar-refractivity contribution in [2.75, 3.05) is 11.8 Å². The Labute approximate surface area is 178 Å². The lowest BCUT2D eigenvalue weighted by Gasteiger charge is -2.12. The van der Waals surface area contributed by atoms with Crippen LogP contribution in [-0.4, -0.2) is 36.0 Å². The van der Waals surface area contributed by atoms with E-state index in [1.54, 1.807) is 28.7 Å². The van der Waals surface area contributed by atoms with Crippen LogP contribution in [0.1, 0.15) is 16.2 Å². The van der Waals surface area contributed by atoms with Gasteiger partial charge in [0.25, 0.3) is 15.9 Å². The Hall–Kier alpha value is -3.92. The topological polar surface area (TPSA) is 115 Å². The summed E-state index contributed by atoms with van der Waals surface area (Å²) >= 11 is 0. The van der Waals surface area contributed by atoms with Crippen LogP contribution < -0.4 is 14.8 Å². The van der Waals surface area contributed by atoms with Crippen molar-refractivity contribution in [3.63, 3.8) is 0 Å². The van der Waals surface area contributed by atoms with Gasteiger partial charge >= 0.3 is 0 Å². The van der Waals surface area contributed by atoms with Crippen molar-refractivity contribution in [3.8, 4) is 5.75 Å². The number of ether oxygens (including phenoxy) is 1. The number of pyridine rings is 1. The van der Waals surface area contributed by atoms with E-state index in [1.165, 1.54) is 31.4 Å². The predicted molar refractivity (Wildman–Crippen MR) is 114 cm³/mol. The zero-order valence-corrected chi connectivity index (χ0v) is 17.3. The summed E-state index contributed by atoms with van der Waals surface area (Å²) in [6, 6.07) is 17.9. The number of anilines is 1. The summed E-state index contributed by atoms with van der Waals surface area (Å²) in [6.45, 7) is 0.180. The van der Waals surface area contributed by atoms with Crippen LogP contribution in [0.2, 0.25) is 0 Å². The average molecular weight is 437 g/mol. The molecule has 4 rings (SSSR count). The van der Waals surface area contributed by atoms with Crippen molar-refractivity contribution in [1.82, 2.24) is 19.9 Å². The summed E-state index contributed by atoms with van der Waals surface area (Å²) in [5.74, 6) is 0.640. The number of hydrogen-bond acceptors (Lipinski definition) is 6. The molecule has 0 bridgehead atoms. The van der Waals surface area contributed by atoms with Crippen LogP contribution in [-0.2, 0) is 16.6 Å². The lowest BCUT2D eigenvalue weighted by Crippen LogP contribution is -2.24. The van der Waals surface area contributed by atoms with Gasteiger partial charge in [-0.2, -0.15) is 0 Å². The maximum atomic E-state index is 12.7. The molecule has 0 aliphatic carbocycles. The molecule has 2 aromatic carbocycles. The first kappa shape index (κ1) is 20.4. The summed E-state index contributed by atoms with van der Waals surface area (Å²) in [4.78, 5) is 12.5. The monoisotopic (exact) mass is 437 g/mol. The fraction of sp³-hybridized carbons (Fsp3) is 0.0952. The molecule has 0 fully saturated rings. The number of methoxy groups -OCH3 is 1. The molecule has 9 nitrogen and oxygen atoms in total. The number of carbonyl (C=O) groups is 1. The molecular weight excluding hydrogens is 418 g/mol. The van der Waals surface area contributed by atoms with Crippen LogP contribution in [0.25, 0.3) is 5.65 Å². The largest absolute Gasteiger partial charge is 0.495 e. The Morgan fingerprint density at radius 2 is 1.74 bits per heavy atom. The number of amides is 1. The Morgan fingerprint density at radius 3 is 2.52 bits per heavy atom. The van der Waals surface area contributed by atoms with Gasteiger partial charge in [0.15, 0.2) is 11.5 Å². The predicted octanol–water partition coefficient (Wildman–Crippen LogP) is 2.47. The first-order chi connectivity index (χ1) is 15.0. The minimum absolute atomic E-state index is 0.0263. The molecule has 0 spiro atoms. The molecule has 0 radical (unpaired) electrons. The number of hydrogen-bond donors (Lipinski definition) is 2. The highest BCUT2D eigenvalue weighted by Crippen LogP contribution is 2.26. The molecule has 158 valence electrons. The van der Waals surface area contributed by atoms with Gasteiger partial charge in [-0.15, -0.1) is 10.2 Å². The molecular formula is C21H19N5O4S. The number of para-hydroxylation sites is 2. The van der Waals surface area contributed by atoms with Gasteiger partial charge in [-0.3, -0.25) is 13.9 Å². The van der Waals surface area contributed by atoms with Crippen molar-refractivity contribution in [1.29, 1.82) is 0 Å². The molecule has 0 aliphatic rings. The van der Waals surface area contributed by atoms with E-state index in [2.05, 4.69) is 20.2 Å². The van der Waals surface area contributed by atoms with Crippen molar-refractivity contribution in [2.24, 2.45) is 0 Å². The van der Waals surface area contributed by atoms with Crippen molar-refractivity contribution in [3.05, 3.63) is 84.3 Å². The zero-order valence-electron chi connectivity index (χ0n) is 16.5. The van der Waals surface area contributed by atoms with E-state index in [-0.39, 0.29) is 17.3 Å². The van der Waals surface area contributed by atoms with Crippen LogP contribution in [0.5, 0.6) is 5.75 Å². The molecule has 10 heteroatoms. The molecule has 0 saturated carbocycles. The number of carbonyl (C=O) groups excluding carboxylic acids is 1. The molecule has 31 heavy (non-hydrogen) atoms. The highest BCUT2D eigenvalue weighted by molar-refractivity contribution is 7.92. The van der Waals surface area contributed by atoms with Gasteiger partial charge in [0.2, 0.25) is 0 Å². The third-order valence-corrected chi connectivity index (χ3v) is 5.95. The third kappa shape index (κ3) is 4.33. The molecule has 2 aromatic heterocycles. The molecule has 2 N–H and O–H groups in total. The molecule has 1 amide bonds. The van der Waals surface area contributed by atoms with Crippen LogP contribution in [0.15, 0.2) is 77.8 Å². The number of fused-ring (bicyclic) bond motifs is 1. The van der Waals surface area contributed by atoms with E-state index in [0.29, 0.717) is 28.5 Å². The van der Waals surface area contributed by atoms with E-state index in [4.69, 9.17) is 4.74 Å². The second kappa shape index (κ2) is 8.44. The van der Waals surface area contributed by atoms with E-state index >= 15 is 0 Å². The molecule has 0 atom stereocenters. The summed E-state index contributed by atoms with van der Waals surface area (Å²) in [7, 11) is -2.38. The fourth-order valence-corrected chi connectivity index (χ4v) is 4.06. The summed E-state index contributed by atoms with van der Waals surface area (Å²) in [5.41, 5.74) is 1.33. The summed E-state index contributed by atoms with van der Waals surface area (Å²) < 4.78 is 34.8. The van der Waals surface area contributed by atoms with Gasteiger partial charge in [-0.25, -0.2) is 8.42 Å². The average Bonchev–Trinajstić information content (AvgIpc) is 3.21. The SMILES string of the molecule is COc1ccccc1NS(=O)(=O)c1ccc(C(=O)NCc2nnc3ccccn23)cc1. The van der Waals surface area contributed by atoms with Gasteiger partial charge in [0, 0.05) is 11.8 Å². The van der Waals surface area contributed by atoms with E-state index in [9.17, 15) is 13.2 Å². The molecule has 2 heterocycles. The first-order valence-corrected chi connectivity index (χ1v) is 10.8. The van der Waals surface area contributed by atoms with Crippen molar-refractivity contribution < 1.29 is 17.9 Å². The highest BCUT2D eigenvalue weighted by Gasteiger charge is 2.17. The minimum atomic E-state index is -3.84. The van der Waals surface area contributed by atoms with Gasteiger partial charge < -0.3 is 10.1 Å². The lowest BCUT2D eigenvalue weighted by molar-refractivity contribution is 0.0949. The second-order valence-electron chi connectivity index (χ2n) is 6.56. The summed E-state index contributed by atoms with van der Waals surface area (Å²) in [6.07, 6.45) is 1.81. The van der Waals surface area contributed by atoms with E-state index in [1.807, 2.05) is 24.4 Å². The summed E-state index contributed by atoms with van der Waals surface area (Å²) in [5, 5.41) is 10.9. The first-order valence-electron chi connectivity index (χ1n) is 9.31. The Morgan fingerprint density at radius 1 is 1.00 bits per heavy atom. The fourth-order valence-electron chi connectivity index (χ4n) is 2.99. The second-order valence-corrected chi connectivity index (χ2v) is 8.24. The standard InChI is InChI=1S/C21H19N5O4S/c1-30-18-7-3-2-6-17(18)25-31(28,29)16-11-9-15(10-12-16)21(27)22-14-20-24-23-19-8-4-5-13-26(19)20/h2-13,25H,14H2,1H3,(H,22,27). The number of nitrogens with one attached hydrogen (secondary N) is 2. The van der Waals surface area contributed by atoms with Crippen LogP contribution in [0, 0.1) is 0 Å². The Bertz CT molecular complexity index is 1330. The van der Waals surface area contributed by atoms with E-state index < -0.39 is 10.0 Å². The number of sulfonamides is 1. The van der Waals surface area contributed by atoms with Crippen LogP contribution in [0.3, 0.4) is 0 Å². The number of benzene rings is 2. The molecule has 0 aliphatic heterocycles. The molecule has 0 unspecified atom stereocenters. The molecule has 0 saturated heterocycles. The van der Waals surface area contributed by atoms with Crippen molar-refractivity contribution in [2.45, 2.75) is 11.4 Å². The van der Waals surface area contributed by atoms with Gasteiger partial charge in [0.05, 0.1) is 24.2 Å².